The first-order valence-electron chi connectivity index (χ1n) is 9.83. The Bertz CT molecular complexity index is 838. The molecular formula is C21H31F2IN4O3. The van der Waals surface area contributed by atoms with Crippen LogP contribution in [0.3, 0.4) is 0 Å². The van der Waals surface area contributed by atoms with Gasteiger partial charge in [-0.1, -0.05) is 27.7 Å². The lowest BCUT2D eigenvalue weighted by Gasteiger charge is -2.15. The van der Waals surface area contributed by atoms with Crippen molar-refractivity contribution < 1.29 is 22.7 Å². The van der Waals surface area contributed by atoms with Crippen LogP contribution in [0.4, 0.5) is 8.78 Å². The Morgan fingerprint density at radius 3 is 2.52 bits per heavy atom. The van der Waals surface area contributed by atoms with E-state index in [0.29, 0.717) is 36.3 Å². The monoisotopic (exact) mass is 552 g/mol. The summed E-state index contributed by atoms with van der Waals surface area (Å²) in [5.41, 5.74) is 0.424. The number of aliphatic imine (C=N–C) groups is 1. The molecule has 0 unspecified atom stereocenters. The number of hydrogen-bond donors (Lipinski definition) is 2. The third-order valence-corrected chi connectivity index (χ3v) is 4.10. The number of benzene rings is 1. The molecule has 7 nitrogen and oxygen atoms in total. The van der Waals surface area contributed by atoms with Crippen LogP contribution in [0.5, 0.6) is 11.5 Å². The summed E-state index contributed by atoms with van der Waals surface area (Å²) in [7, 11) is 1.61. The molecule has 0 fully saturated rings. The average molecular weight is 552 g/mol. The van der Waals surface area contributed by atoms with Crippen molar-refractivity contribution in [3.05, 3.63) is 41.6 Å². The topological polar surface area (TPSA) is 80.9 Å². The van der Waals surface area contributed by atoms with Crippen molar-refractivity contribution in [2.24, 2.45) is 4.99 Å². The van der Waals surface area contributed by atoms with E-state index in [4.69, 9.17) is 9.15 Å². The van der Waals surface area contributed by atoms with E-state index < -0.39 is 6.61 Å². The van der Waals surface area contributed by atoms with Crippen molar-refractivity contribution in [3.63, 3.8) is 0 Å². The molecule has 0 saturated heterocycles. The lowest BCUT2D eigenvalue weighted by Crippen LogP contribution is -2.36. The third kappa shape index (κ3) is 8.88. The molecule has 2 aromatic rings. The van der Waals surface area contributed by atoms with Gasteiger partial charge in [-0.15, -0.1) is 24.0 Å². The van der Waals surface area contributed by atoms with Gasteiger partial charge < -0.3 is 24.5 Å². The molecule has 1 heterocycles. The third-order valence-electron chi connectivity index (χ3n) is 4.10. The second-order valence-corrected chi connectivity index (χ2v) is 7.64. The number of ether oxygens (including phenoxy) is 2. The molecule has 0 radical (unpaired) electrons. The number of nitrogens with zero attached hydrogens (tertiary/aromatic N) is 2. The van der Waals surface area contributed by atoms with Crippen molar-refractivity contribution >= 4 is 29.9 Å². The summed E-state index contributed by atoms with van der Waals surface area (Å²) in [6, 6.07) is 4.88. The Morgan fingerprint density at radius 2 is 1.94 bits per heavy atom. The fourth-order valence-corrected chi connectivity index (χ4v) is 2.49. The normalized spacial score (nSPS) is 11.8. The van der Waals surface area contributed by atoms with Crippen LogP contribution in [-0.4, -0.2) is 31.2 Å². The highest BCUT2D eigenvalue weighted by Gasteiger charge is 2.19. The maximum Gasteiger partial charge on any atom is 0.387 e. The first-order chi connectivity index (χ1) is 14.2. The van der Waals surface area contributed by atoms with Gasteiger partial charge in [-0.3, -0.25) is 4.99 Å². The van der Waals surface area contributed by atoms with Crippen molar-refractivity contribution in [2.75, 3.05) is 13.7 Å². The van der Waals surface area contributed by atoms with Gasteiger partial charge >= 0.3 is 6.61 Å². The van der Waals surface area contributed by atoms with Crippen LogP contribution in [0.15, 0.2) is 33.8 Å². The highest BCUT2D eigenvalue weighted by Crippen LogP contribution is 2.27. The number of guanidine groups is 1. The summed E-state index contributed by atoms with van der Waals surface area (Å²) < 4.78 is 41.5. The van der Waals surface area contributed by atoms with Gasteiger partial charge in [0.15, 0.2) is 5.96 Å². The molecule has 1 aromatic heterocycles. The zero-order valence-electron chi connectivity index (χ0n) is 18.5. The Balaban J connectivity index is 0.00000480. The van der Waals surface area contributed by atoms with Gasteiger partial charge in [-0.05, 0) is 18.6 Å². The van der Waals surface area contributed by atoms with Gasteiger partial charge in [0.1, 0.15) is 17.3 Å². The summed E-state index contributed by atoms with van der Waals surface area (Å²) in [4.78, 5) is 8.39. The molecule has 0 aliphatic rings. The molecule has 0 aliphatic carbocycles. The van der Waals surface area contributed by atoms with E-state index in [1.165, 1.54) is 6.07 Å². The molecule has 0 spiro atoms. The van der Waals surface area contributed by atoms with Crippen LogP contribution in [0.25, 0.3) is 0 Å². The fraction of sp³-hybridized carbons (Fsp3) is 0.524. The highest BCUT2D eigenvalue weighted by molar-refractivity contribution is 14.0. The lowest BCUT2D eigenvalue weighted by atomic mass is 9.94. The molecule has 0 atom stereocenters. The summed E-state index contributed by atoms with van der Waals surface area (Å²) in [5, 5.41) is 6.16. The van der Waals surface area contributed by atoms with Crippen molar-refractivity contribution in [1.82, 2.24) is 15.6 Å². The number of hydrogen-bond acceptors (Lipinski definition) is 5. The van der Waals surface area contributed by atoms with E-state index in [9.17, 15) is 8.78 Å². The minimum absolute atomic E-state index is 0. The minimum Gasteiger partial charge on any atom is -0.493 e. The van der Waals surface area contributed by atoms with Crippen LogP contribution < -0.4 is 20.1 Å². The molecule has 2 N–H and O–H groups in total. The maximum absolute atomic E-state index is 12.8. The SMILES string of the molecule is CCCOc1ccc(CNC(=NC)NCc2ncc(C(C)(C)C)o2)c(OC(F)F)c1.I. The van der Waals surface area contributed by atoms with Crippen molar-refractivity contribution in [2.45, 2.75) is 59.2 Å². The molecule has 0 bridgehead atoms. The van der Waals surface area contributed by atoms with E-state index in [-0.39, 0.29) is 41.7 Å². The van der Waals surface area contributed by atoms with Crippen LogP contribution in [0.2, 0.25) is 0 Å². The smallest absolute Gasteiger partial charge is 0.387 e. The van der Waals surface area contributed by atoms with E-state index in [1.807, 2.05) is 27.7 Å². The largest absolute Gasteiger partial charge is 0.493 e. The first-order valence-corrected chi connectivity index (χ1v) is 9.83. The van der Waals surface area contributed by atoms with E-state index in [2.05, 4.69) is 25.3 Å². The van der Waals surface area contributed by atoms with Crippen LogP contribution >= 0.6 is 24.0 Å². The zero-order valence-corrected chi connectivity index (χ0v) is 20.8. The van der Waals surface area contributed by atoms with Gasteiger partial charge in [-0.25, -0.2) is 4.98 Å². The molecule has 174 valence electrons. The summed E-state index contributed by atoms with van der Waals surface area (Å²) in [6.45, 7) is 6.24. The highest BCUT2D eigenvalue weighted by atomic mass is 127. The van der Waals surface area contributed by atoms with Crippen molar-refractivity contribution in [3.8, 4) is 11.5 Å². The zero-order chi connectivity index (χ0) is 22.1. The number of rotatable bonds is 9. The molecule has 0 amide bonds. The van der Waals surface area contributed by atoms with Gasteiger partial charge in [0.25, 0.3) is 0 Å². The van der Waals surface area contributed by atoms with Gasteiger partial charge in [0.2, 0.25) is 5.89 Å². The predicted molar refractivity (Wildman–Crippen MR) is 127 cm³/mol. The number of alkyl halides is 2. The fourth-order valence-electron chi connectivity index (χ4n) is 2.49. The predicted octanol–water partition coefficient (Wildman–Crippen LogP) is 4.85. The van der Waals surface area contributed by atoms with Gasteiger partial charge in [-0.2, -0.15) is 8.78 Å². The van der Waals surface area contributed by atoms with E-state index in [1.54, 1.807) is 25.4 Å². The van der Waals surface area contributed by atoms with Gasteiger partial charge in [0.05, 0.1) is 19.3 Å². The minimum atomic E-state index is -2.93. The standard InChI is InChI=1S/C21H30F2N4O3.HI/c1-6-9-28-15-8-7-14(16(10-15)29-19(22)23)11-26-20(24-5)27-13-18-25-12-17(30-18)21(2,3)4;/h7-8,10,12,19H,6,9,11,13H2,1-5H3,(H2,24,26,27);1H. The second kappa shape index (κ2) is 12.7. The van der Waals surface area contributed by atoms with Crippen LogP contribution in [0.1, 0.15) is 51.3 Å². The van der Waals surface area contributed by atoms with Crippen LogP contribution in [0, 0.1) is 0 Å². The first kappa shape index (κ1) is 26.9. The van der Waals surface area contributed by atoms with Gasteiger partial charge in [0, 0.05) is 30.6 Å². The Kier molecular flexibility index (Phi) is 11.0. The Labute approximate surface area is 199 Å². The maximum atomic E-state index is 12.8. The molecule has 31 heavy (non-hydrogen) atoms. The number of oxazole rings is 1. The molecule has 1 aromatic carbocycles. The summed E-state index contributed by atoms with van der Waals surface area (Å²) in [5.74, 6) is 2.34. The van der Waals surface area contributed by atoms with E-state index >= 15 is 0 Å². The second-order valence-electron chi connectivity index (χ2n) is 7.64. The number of halogens is 3. The number of nitrogens with one attached hydrogen (secondary N) is 2. The molecule has 0 aliphatic heterocycles. The molecular weight excluding hydrogens is 521 g/mol. The Morgan fingerprint density at radius 1 is 1.23 bits per heavy atom. The molecule has 2 rings (SSSR count). The van der Waals surface area contributed by atoms with Crippen molar-refractivity contribution in [1.29, 1.82) is 0 Å². The summed E-state index contributed by atoms with van der Waals surface area (Å²) >= 11 is 0. The Hall–Kier alpha value is -2.11. The lowest BCUT2D eigenvalue weighted by molar-refractivity contribution is -0.0505. The van der Waals surface area contributed by atoms with Crippen LogP contribution in [-0.2, 0) is 18.5 Å². The summed E-state index contributed by atoms with van der Waals surface area (Å²) in [6.07, 6.45) is 2.53. The quantitative estimate of drug-likeness (QED) is 0.263. The molecule has 10 heteroatoms. The van der Waals surface area contributed by atoms with E-state index in [0.717, 1.165) is 12.2 Å². The number of aromatic nitrogens is 1. The molecule has 0 saturated carbocycles. The average Bonchev–Trinajstić information content (AvgIpc) is 3.16.